The lowest BCUT2D eigenvalue weighted by Gasteiger charge is -2.04. The Balaban J connectivity index is 0.000000154. The number of carbonyl (C=O) groups is 2. The van der Waals surface area contributed by atoms with E-state index in [4.69, 9.17) is 9.84 Å². The summed E-state index contributed by atoms with van der Waals surface area (Å²) in [6.45, 7) is 11.1. The molecule has 0 spiro atoms. The maximum absolute atomic E-state index is 11.8. The van der Waals surface area contributed by atoms with Crippen molar-refractivity contribution in [3.8, 4) is 0 Å². The summed E-state index contributed by atoms with van der Waals surface area (Å²) in [5.41, 5.74) is 5.69. The zero-order valence-corrected chi connectivity index (χ0v) is 26.6. The van der Waals surface area contributed by atoms with Gasteiger partial charge in [-0.1, -0.05) is 13.3 Å². The van der Waals surface area contributed by atoms with Crippen molar-refractivity contribution in [3.05, 3.63) is 71.8 Å². The van der Waals surface area contributed by atoms with Gasteiger partial charge in [-0.3, -0.25) is 0 Å². The van der Waals surface area contributed by atoms with Gasteiger partial charge in [-0.25, -0.2) is 39.5 Å². The van der Waals surface area contributed by atoms with E-state index in [0.29, 0.717) is 12.3 Å². The first-order valence-corrected chi connectivity index (χ1v) is 15.1. The second kappa shape index (κ2) is 15.1. The molecule has 0 aliphatic heterocycles. The van der Waals surface area contributed by atoms with E-state index in [-0.39, 0.29) is 11.7 Å². The van der Waals surface area contributed by atoms with Gasteiger partial charge in [0, 0.05) is 19.6 Å². The smallest absolute Gasteiger partial charge is 0.356 e. The molecule has 0 aliphatic carbocycles. The molecule has 0 saturated heterocycles. The fourth-order valence-corrected chi connectivity index (χ4v) is 4.55. The number of pyridine rings is 3. The maximum atomic E-state index is 11.8. The molecule has 0 aliphatic rings. The van der Waals surface area contributed by atoms with E-state index >= 15 is 0 Å². The molecule has 13 nitrogen and oxygen atoms in total. The molecule has 0 unspecified atom stereocenters. The molecule has 44 heavy (non-hydrogen) atoms. The van der Waals surface area contributed by atoms with E-state index in [1.165, 1.54) is 12.3 Å². The van der Waals surface area contributed by atoms with Gasteiger partial charge >= 0.3 is 11.9 Å². The lowest BCUT2D eigenvalue weighted by atomic mass is 10.3. The molecule has 0 aromatic carbocycles. The summed E-state index contributed by atoms with van der Waals surface area (Å²) in [7, 11) is 0. The van der Waals surface area contributed by atoms with Crippen LogP contribution in [0.2, 0.25) is 0 Å². The molecule has 0 bridgehead atoms. The summed E-state index contributed by atoms with van der Waals surface area (Å²) in [4.78, 5) is 46.9. The number of rotatable bonds is 8. The fraction of sp³-hybridized carbons (Fsp3) is 0.333. The molecule has 6 rings (SSSR count). The molecule has 230 valence electrons. The van der Waals surface area contributed by atoms with Crippen LogP contribution in [-0.2, 0) is 24.4 Å². The van der Waals surface area contributed by atoms with Crippen LogP contribution in [0.5, 0.6) is 0 Å². The van der Waals surface area contributed by atoms with Crippen molar-refractivity contribution in [2.45, 2.75) is 60.2 Å². The highest BCUT2D eigenvalue weighted by atomic mass is 79.9. The first-order chi connectivity index (χ1) is 21.3. The molecule has 6 aromatic rings. The molecular weight excluding hydrogens is 630 g/mol. The summed E-state index contributed by atoms with van der Waals surface area (Å²) in [5.74, 6) is -1.38. The van der Waals surface area contributed by atoms with Gasteiger partial charge in [0.05, 0.1) is 60.7 Å². The fourth-order valence-electron chi connectivity index (χ4n) is 4.23. The zero-order chi connectivity index (χ0) is 31.6. The molecule has 0 atom stereocenters. The second-order valence-corrected chi connectivity index (χ2v) is 10.3. The van der Waals surface area contributed by atoms with Crippen molar-refractivity contribution in [2.24, 2.45) is 0 Å². The minimum absolute atomic E-state index is 0.0488. The van der Waals surface area contributed by atoms with Crippen molar-refractivity contribution in [1.29, 1.82) is 0 Å². The Hall–Kier alpha value is -4.72. The van der Waals surface area contributed by atoms with Gasteiger partial charge in [0.2, 0.25) is 0 Å². The Morgan fingerprint density at radius 1 is 0.705 bits per heavy atom. The Labute approximate surface area is 262 Å². The number of esters is 1. The highest BCUT2D eigenvalue weighted by Crippen LogP contribution is 2.16. The SMILES string of the molecule is CCCCOC(=O)c1cc2c(cn1)ncn2CC.CCn1cnc2cnc(Br)cc21.CCn1cnc2cnc(C(=O)O)cc21. The monoisotopic (exact) mass is 663 g/mol. The first-order valence-electron chi connectivity index (χ1n) is 14.3. The lowest BCUT2D eigenvalue weighted by molar-refractivity contribution is 0.0492. The number of ether oxygens (including phenoxy) is 1. The largest absolute Gasteiger partial charge is 0.477 e. The third kappa shape index (κ3) is 7.61. The molecule has 1 N–H and O–H groups in total. The molecule has 6 heterocycles. The van der Waals surface area contributed by atoms with Crippen LogP contribution in [0, 0.1) is 0 Å². The van der Waals surface area contributed by atoms with Crippen molar-refractivity contribution >= 4 is 61.0 Å². The first kappa shape index (κ1) is 32.2. The van der Waals surface area contributed by atoms with Gasteiger partial charge in [-0.05, 0) is 61.3 Å². The number of carboxylic acids is 1. The van der Waals surface area contributed by atoms with Gasteiger partial charge in [0.25, 0.3) is 0 Å². The summed E-state index contributed by atoms with van der Waals surface area (Å²) in [6.07, 6.45) is 12.0. The van der Waals surface area contributed by atoms with Gasteiger partial charge in [0.15, 0.2) is 5.69 Å². The molecule has 0 radical (unpaired) electrons. The zero-order valence-electron chi connectivity index (χ0n) is 25.0. The Bertz CT molecular complexity index is 1880. The van der Waals surface area contributed by atoms with Crippen LogP contribution >= 0.6 is 15.9 Å². The minimum Gasteiger partial charge on any atom is -0.477 e. The number of nitrogens with zero attached hydrogens (tertiary/aromatic N) is 9. The van der Waals surface area contributed by atoms with Gasteiger partial charge in [-0.2, -0.15) is 0 Å². The van der Waals surface area contributed by atoms with Crippen molar-refractivity contribution in [2.75, 3.05) is 6.61 Å². The number of unbranched alkanes of at least 4 members (excludes halogenated alkanes) is 1. The number of hydrogen-bond donors (Lipinski definition) is 1. The number of aryl methyl sites for hydroxylation is 3. The predicted octanol–water partition coefficient (Wildman–Crippen LogP) is 5.77. The average molecular weight is 665 g/mol. The lowest BCUT2D eigenvalue weighted by Crippen LogP contribution is -2.08. The van der Waals surface area contributed by atoms with Crippen molar-refractivity contribution in [1.82, 2.24) is 43.6 Å². The van der Waals surface area contributed by atoms with Crippen LogP contribution in [0.25, 0.3) is 33.1 Å². The Kier molecular flexibility index (Phi) is 11.1. The molecule has 6 aromatic heterocycles. The quantitative estimate of drug-likeness (QED) is 0.120. The van der Waals surface area contributed by atoms with E-state index in [2.05, 4.69) is 64.2 Å². The van der Waals surface area contributed by atoms with Gasteiger partial charge in [-0.15, -0.1) is 0 Å². The van der Waals surface area contributed by atoms with Crippen molar-refractivity contribution < 1.29 is 19.4 Å². The standard InChI is InChI=1S/C13H17N3O2.C9H9N3O2.C8H8BrN3/c1-3-5-6-18-13(17)10-7-12-11(8-14-10)15-9-16(12)4-2;1-2-12-5-11-7-4-10-6(9(13)14)3-8(7)12;1-2-12-5-11-6-4-10-8(9)3-7(6)12/h7-9H,3-6H2,1-2H3;3-5H,2H2,1H3,(H,13,14);3-5H,2H2,1H3. The number of hydrogen-bond acceptors (Lipinski definition) is 9. The number of carboxylic acid groups (broad SMARTS) is 1. The van der Waals surface area contributed by atoms with Gasteiger partial charge < -0.3 is 23.5 Å². The number of carbonyl (C=O) groups excluding carboxylic acids is 1. The number of imidazole rings is 3. The number of aromatic nitrogens is 9. The highest BCUT2D eigenvalue weighted by Gasteiger charge is 2.12. The Morgan fingerprint density at radius 3 is 1.64 bits per heavy atom. The third-order valence-electron chi connectivity index (χ3n) is 6.67. The molecule has 0 fully saturated rings. The molecule has 14 heteroatoms. The van der Waals surface area contributed by atoms with Crippen LogP contribution in [0.15, 0.2) is 60.4 Å². The summed E-state index contributed by atoms with van der Waals surface area (Å²) >= 11 is 3.33. The number of aromatic carboxylic acids is 1. The van der Waals surface area contributed by atoms with E-state index < -0.39 is 5.97 Å². The topological polar surface area (TPSA) is 156 Å². The van der Waals surface area contributed by atoms with E-state index in [9.17, 15) is 9.59 Å². The van der Waals surface area contributed by atoms with Crippen molar-refractivity contribution in [3.63, 3.8) is 0 Å². The summed E-state index contributed by atoms with van der Waals surface area (Å²) in [6, 6.07) is 5.25. The van der Waals surface area contributed by atoms with E-state index in [1.807, 2.05) is 35.4 Å². The predicted molar refractivity (Wildman–Crippen MR) is 169 cm³/mol. The number of fused-ring (bicyclic) bond motifs is 3. The highest BCUT2D eigenvalue weighted by molar-refractivity contribution is 9.10. The van der Waals surface area contributed by atoms with E-state index in [0.717, 1.165) is 70.2 Å². The maximum Gasteiger partial charge on any atom is 0.356 e. The van der Waals surface area contributed by atoms with E-state index in [1.54, 1.807) is 31.1 Å². The summed E-state index contributed by atoms with van der Waals surface area (Å²) < 4.78 is 11.9. The summed E-state index contributed by atoms with van der Waals surface area (Å²) in [5, 5.41) is 8.75. The van der Waals surface area contributed by atoms with Crippen LogP contribution in [-0.4, -0.2) is 67.3 Å². The molecule has 0 saturated carbocycles. The number of halogens is 1. The van der Waals surface area contributed by atoms with Crippen LogP contribution in [0.4, 0.5) is 0 Å². The molecule has 0 amide bonds. The normalized spacial score (nSPS) is 10.8. The molecular formula is C30H34BrN9O4. The second-order valence-electron chi connectivity index (χ2n) is 9.50. The Morgan fingerprint density at radius 2 is 1.16 bits per heavy atom. The van der Waals surface area contributed by atoms with Crippen LogP contribution in [0.3, 0.4) is 0 Å². The van der Waals surface area contributed by atoms with Crippen LogP contribution < -0.4 is 0 Å². The minimum atomic E-state index is -1.02. The van der Waals surface area contributed by atoms with Gasteiger partial charge in [0.1, 0.15) is 26.8 Å². The van der Waals surface area contributed by atoms with Crippen LogP contribution in [0.1, 0.15) is 61.5 Å². The third-order valence-corrected chi connectivity index (χ3v) is 7.10. The average Bonchev–Trinajstić information content (AvgIpc) is 3.77.